The van der Waals surface area contributed by atoms with Gasteiger partial charge in [-0.1, -0.05) is 30.0 Å². The Morgan fingerprint density at radius 3 is 2.55 bits per heavy atom. The van der Waals surface area contributed by atoms with Crippen LogP contribution < -0.4 is 10.2 Å². The molecule has 0 spiro atoms. The zero-order chi connectivity index (χ0) is 13.4. The topological polar surface area (TPSA) is 15.3 Å². The number of benzene rings is 2. The summed E-state index contributed by atoms with van der Waals surface area (Å²) in [6.07, 6.45) is 4.00. The van der Waals surface area contributed by atoms with Gasteiger partial charge in [0.05, 0.1) is 17.1 Å². The van der Waals surface area contributed by atoms with Crippen molar-refractivity contribution in [2.45, 2.75) is 29.1 Å². The van der Waals surface area contributed by atoms with E-state index in [4.69, 9.17) is 0 Å². The van der Waals surface area contributed by atoms with Crippen molar-refractivity contribution in [2.75, 3.05) is 23.3 Å². The zero-order valence-electron chi connectivity index (χ0n) is 11.4. The number of hydrogen-bond acceptors (Lipinski definition) is 3. The van der Waals surface area contributed by atoms with Crippen molar-refractivity contribution in [3.8, 4) is 0 Å². The first-order valence-corrected chi connectivity index (χ1v) is 8.15. The van der Waals surface area contributed by atoms with E-state index >= 15 is 0 Å². The molecule has 3 heteroatoms. The Balaban J connectivity index is 1.74. The highest BCUT2D eigenvalue weighted by Crippen LogP contribution is 2.47. The molecular weight excluding hydrogens is 264 g/mol. The monoisotopic (exact) mass is 282 g/mol. The Morgan fingerprint density at radius 1 is 0.850 bits per heavy atom. The average molecular weight is 282 g/mol. The molecule has 1 N–H and O–H groups in total. The molecule has 0 amide bonds. The van der Waals surface area contributed by atoms with Crippen molar-refractivity contribution in [3.05, 3.63) is 42.5 Å². The number of nitrogens with one attached hydrogen (secondary N) is 1. The Bertz CT molecular complexity index is 633. The van der Waals surface area contributed by atoms with E-state index in [9.17, 15) is 0 Å². The molecule has 2 aliphatic heterocycles. The first-order valence-electron chi connectivity index (χ1n) is 7.34. The number of rotatable bonds is 1. The van der Waals surface area contributed by atoms with Gasteiger partial charge in [-0.2, -0.15) is 0 Å². The van der Waals surface area contributed by atoms with Gasteiger partial charge in [0.25, 0.3) is 0 Å². The molecule has 0 atom stereocenters. The van der Waals surface area contributed by atoms with Gasteiger partial charge in [0, 0.05) is 22.9 Å². The molecule has 20 heavy (non-hydrogen) atoms. The Hall–Kier alpha value is -1.61. The fraction of sp³-hybridized carbons (Fsp3) is 0.294. The SMILES string of the molecule is c1ccc2c(c1)Nc1c(cccc1N1CCCCC1)S2. The number of fused-ring (bicyclic) bond motifs is 2. The van der Waals surface area contributed by atoms with E-state index in [0.29, 0.717) is 0 Å². The molecule has 2 aromatic carbocycles. The molecule has 1 saturated heterocycles. The van der Waals surface area contributed by atoms with Gasteiger partial charge in [-0.25, -0.2) is 0 Å². The van der Waals surface area contributed by atoms with Crippen LogP contribution >= 0.6 is 11.8 Å². The summed E-state index contributed by atoms with van der Waals surface area (Å²) in [5.74, 6) is 0. The van der Waals surface area contributed by atoms with Crippen molar-refractivity contribution >= 4 is 28.8 Å². The summed E-state index contributed by atoms with van der Waals surface area (Å²) < 4.78 is 0. The second-order valence-electron chi connectivity index (χ2n) is 5.42. The first-order chi connectivity index (χ1) is 9.92. The van der Waals surface area contributed by atoms with Gasteiger partial charge in [0.1, 0.15) is 0 Å². The smallest absolute Gasteiger partial charge is 0.0764 e. The second-order valence-corrected chi connectivity index (χ2v) is 6.50. The number of hydrogen-bond donors (Lipinski definition) is 1. The molecule has 4 rings (SSSR count). The lowest BCUT2D eigenvalue weighted by atomic mass is 10.1. The van der Waals surface area contributed by atoms with Crippen molar-refractivity contribution in [1.29, 1.82) is 0 Å². The van der Waals surface area contributed by atoms with Crippen LogP contribution in [0.1, 0.15) is 19.3 Å². The summed E-state index contributed by atoms with van der Waals surface area (Å²) in [5, 5.41) is 3.64. The lowest BCUT2D eigenvalue weighted by molar-refractivity contribution is 0.578. The van der Waals surface area contributed by atoms with E-state index in [1.165, 1.54) is 59.2 Å². The fourth-order valence-electron chi connectivity index (χ4n) is 3.04. The Morgan fingerprint density at radius 2 is 1.65 bits per heavy atom. The molecule has 0 aromatic heterocycles. The Labute approximate surface area is 124 Å². The lowest BCUT2D eigenvalue weighted by Crippen LogP contribution is -2.30. The summed E-state index contributed by atoms with van der Waals surface area (Å²) in [7, 11) is 0. The summed E-state index contributed by atoms with van der Waals surface area (Å²) in [5.41, 5.74) is 3.89. The van der Waals surface area contributed by atoms with Crippen molar-refractivity contribution in [2.24, 2.45) is 0 Å². The maximum absolute atomic E-state index is 3.64. The molecule has 2 aromatic rings. The predicted molar refractivity (Wildman–Crippen MR) is 86.4 cm³/mol. The standard InChI is InChI=1S/C17H18N2S/c1-4-11-19(12-5-1)14-8-6-10-16-17(14)18-13-7-2-3-9-15(13)20-16/h2-3,6-10,18H,1,4-5,11-12H2. The van der Waals surface area contributed by atoms with Crippen LogP contribution in [0.5, 0.6) is 0 Å². The first kappa shape index (κ1) is 12.2. The van der Waals surface area contributed by atoms with E-state index in [2.05, 4.69) is 52.7 Å². The number of nitrogens with zero attached hydrogens (tertiary/aromatic N) is 1. The lowest BCUT2D eigenvalue weighted by Gasteiger charge is -2.33. The summed E-state index contributed by atoms with van der Waals surface area (Å²) in [4.78, 5) is 5.19. The van der Waals surface area contributed by atoms with Gasteiger partial charge >= 0.3 is 0 Å². The molecule has 0 unspecified atom stereocenters. The van der Waals surface area contributed by atoms with Crippen LogP contribution in [-0.2, 0) is 0 Å². The van der Waals surface area contributed by atoms with Crippen molar-refractivity contribution in [1.82, 2.24) is 0 Å². The molecule has 2 nitrogen and oxygen atoms in total. The predicted octanol–water partition coefficient (Wildman–Crippen LogP) is 4.89. The third-order valence-corrected chi connectivity index (χ3v) is 5.20. The molecule has 0 aliphatic carbocycles. The van der Waals surface area contributed by atoms with Gasteiger partial charge in [0.2, 0.25) is 0 Å². The van der Waals surface area contributed by atoms with E-state index < -0.39 is 0 Å². The van der Waals surface area contributed by atoms with Gasteiger partial charge < -0.3 is 10.2 Å². The maximum Gasteiger partial charge on any atom is 0.0764 e. The maximum atomic E-state index is 3.64. The summed E-state index contributed by atoms with van der Waals surface area (Å²) in [6.45, 7) is 2.37. The minimum absolute atomic E-state index is 1.18. The van der Waals surface area contributed by atoms with Crippen LogP contribution in [0.25, 0.3) is 0 Å². The van der Waals surface area contributed by atoms with E-state index in [-0.39, 0.29) is 0 Å². The fourth-order valence-corrected chi connectivity index (χ4v) is 4.06. The molecule has 0 saturated carbocycles. The van der Waals surface area contributed by atoms with Crippen LogP contribution in [0.15, 0.2) is 52.3 Å². The largest absolute Gasteiger partial charge is 0.370 e. The van der Waals surface area contributed by atoms with E-state index in [1.54, 1.807) is 0 Å². The van der Waals surface area contributed by atoms with Gasteiger partial charge in [0.15, 0.2) is 0 Å². The summed E-state index contributed by atoms with van der Waals surface area (Å²) >= 11 is 1.87. The zero-order valence-corrected chi connectivity index (χ0v) is 12.2. The van der Waals surface area contributed by atoms with Crippen LogP contribution in [0.4, 0.5) is 17.1 Å². The summed E-state index contributed by atoms with van der Waals surface area (Å²) in [6, 6.07) is 15.2. The van der Waals surface area contributed by atoms with E-state index in [0.717, 1.165) is 0 Å². The number of piperidine rings is 1. The normalized spacial score (nSPS) is 17.1. The van der Waals surface area contributed by atoms with Crippen LogP contribution in [0.2, 0.25) is 0 Å². The minimum Gasteiger partial charge on any atom is -0.370 e. The van der Waals surface area contributed by atoms with E-state index in [1.807, 2.05) is 11.8 Å². The Kier molecular flexibility index (Phi) is 3.07. The van der Waals surface area contributed by atoms with Gasteiger partial charge in [-0.05, 0) is 43.5 Å². The van der Waals surface area contributed by atoms with Crippen molar-refractivity contribution < 1.29 is 0 Å². The third kappa shape index (κ3) is 2.06. The van der Waals surface area contributed by atoms with Crippen LogP contribution in [0.3, 0.4) is 0 Å². The van der Waals surface area contributed by atoms with Crippen LogP contribution in [0, 0.1) is 0 Å². The molecule has 1 fully saturated rings. The van der Waals surface area contributed by atoms with Crippen LogP contribution in [-0.4, -0.2) is 13.1 Å². The van der Waals surface area contributed by atoms with Crippen molar-refractivity contribution in [3.63, 3.8) is 0 Å². The number of anilines is 3. The molecular formula is C17H18N2S. The number of para-hydroxylation sites is 2. The molecule has 2 aliphatic rings. The highest BCUT2D eigenvalue weighted by atomic mass is 32.2. The molecule has 0 radical (unpaired) electrons. The third-order valence-electron chi connectivity index (χ3n) is 4.07. The molecule has 2 heterocycles. The highest BCUT2D eigenvalue weighted by molar-refractivity contribution is 7.99. The molecule has 102 valence electrons. The highest BCUT2D eigenvalue weighted by Gasteiger charge is 2.21. The van der Waals surface area contributed by atoms with Gasteiger partial charge in [-0.3, -0.25) is 0 Å². The quantitative estimate of drug-likeness (QED) is 0.684. The average Bonchev–Trinajstić information content (AvgIpc) is 2.53. The van der Waals surface area contributed by atoms with Gasteiger partial charge in [-0.15, -0.1) is 0 Å². The second kappa shape index (κ2) is 5.06. The minimum atomic E-state index is 1.18. The molecule has 0 bridgehead atoms.